The topological polar surface area (TPSA) is 670 Å². The van der Waals surface area contributed by atoms with Gasteiger partial charge in [-0.05, 0) is 93.5 Å². The number of unbranched alkanes of at least 4 members (excludes halogenated alkanes) is 3. The van der Waals surface area contributed by atoms with Crippen molar-refractivity contribution < 1.29 is 96.5 Å². The van der Waals surface area contributed by atoms with Crippen LogP contribution in [0.1, 0.15) is 152 Å². The van der Waals surface area contributed by atoms with Crippen molar-refractivity contribution in [3.63, 3.8) is 0 Å². The van der Waals surface area contributed by atoms with Crippen LogP contribution in [0.25, 0.3) is 21.8 Å². The van der Waals surface area contributed by atoms with Crippen molar-refractivity contribution in [1.82, 2.24) is 97.6 Å². The number of para-hydroxylation sites is 2. The maximum absolute atomic E-state index is 15.9. The number of amides is 15. The molecule has 6 aromatic rings. The van der Waals surface area contributed by atoms with Crippen LogP contribution in [0.2, 0.25) is 0 Å². The molecule has 5 heterocycles. The highest BCUT2D eigenvalue weighted by Gasteiger charge is 2.44. The molecular weight excluding hydrogens is 1790 g/mol. The van der Waals surface area contributed by atoms with Crippen molar-refractivity contribution in [1.29, 1.82) is 10.8 Å². The summed E-state index contributed by atoms with van der Waals surface area (Å²) in [6.45, 7) is 3.25. The number of fused-ring (bicyclic) bond motifs is 3. The number of aliphatic carboxylic acids is 2. The zero-order valence-corrected chi connectivity index (χ0v) is 78.8. The number of hydrogen-bond donors (Lipinski definition) is 20. The summed E-state index contributed by atoms with van der Waals surface area (Å²) in [5, 5.41) is 63.9. The molecule has 0 radical (unpaired) electrons. The largest absolute Gasteiger partial charge is 0.481 e. The van der Waals surface area contributed by atoms with Crippen molar-refractivity contribution in [3.8, 4) is 0 Å². The van der Waals surface area contributed by atoms with Crippen molar-refractivity contribution in [2.45, 2.75) is 228 Å². The van der Waals surface area contributed by atoms with E-state index in [4.69, 9.17) is 28.0 Å². The maximum atomic E-state index is 15.9. The van der Waals surface area contributed by atoms with Crippen LogP contribution in [0, 0.1) is 16.7 Å². The van der Waals surface area contributed by atoms with Crippen molar-refractivity contribution in [3.05, 3.63) is 126 Å². The van der Waals surface area contributed by atoms with Crippen LogP contribution in [0.15, 0.2) is 104 Å². The van der Waals surface area contributed by atoms with E-state index < -0.39 is 235 Å². The number of nitrogens with zero attached hydrogens (tertiary/aromatic N) is 6. The molecule has 2 aliphatic heterocycles. The van der Waals surface area contributed by atoms with Crippen LogP contribution in [0.5, 0.6) is 0 Å². The highest BCUT2D eigenvalue weighted by molar-refractivity contribution is 8.00. The van der Waals surface area contributed by atoms with E-state index in [1.807, 2.05) is 6.92 Å². The number of carboxylic acid groups (broad SMARTS) is 2. The van der Waals surface area contributed by atoms with Gasteiger partial charge in [0.2, 0.25) is 88.6 Å². The van der Waals surface area contributed by atoms with E-state index in [-0.39, 0.29) is 115 Å². The molecule has 3 aromatic carbocycles. The first-order valence-corrected chi connectivity index (χ1v) is 46.8. The number of amidine groups is 1. The van der Waals surface area contributed by atoms with E-state index in [0.717, 1.165) is 24.5 Å². The second-order valence-corrected chi connectivity index (χ2v) is 35.5. The van der Waals surface area contributed by atoms with Crippen LogP contribution in [-0.2, 0) is 112 Å². The summed E-state index contributed by atoms with van der Waals surface area (Å²) in [7, 11) is 5.11. The fraction of sp³-hybridized carbons (Fsp3) is 0.511. The van der Waals surface area contributed by atoms with Crippen molar-refractivity contribution in [2.75, 3.05) is 65.9 Å². The van der Waals surface area contributed by atoms with Gasteiger partial charge in [0.25, 0.3) is 0 Å². The monoisotopic (exact) mass is 1920 g/mol. The molecule has 3 aromatic heterocycles. The Balaban J connectivity index is 1.21. The lowest BCUT2D eigenvalue weighted by atomic mass is 9.92. The summed E-state index contributed by atoms with van der Waals surface area (Å²) in [4.78, 5) is 281. The van der Waals surface area contributed by atoms with Gasteiger partial charge in [-0.3, -0.25) is 97.1 Å². The average Bonchev–Trinajstić information content (AvgIpc) is 1.80. The van der Waals surface area contributed by atoms with Gasteiger partial charge in [-0.1, -0.05) is 113 Å². The van der Waals surface area contributed by atoms with E-state index >= 15 is 33.6 Å². The van der Waals surface area contributed by atoms with Gasteiger partial charge in [-0.2, -0.15) is 0 Å². The molecule has 15 amide bonds. The first kappa shape index (κ1) is 108. The first-order valence-electron chi connectivity index (χ1n) is 45.7. The number of H-pyrrole nitrogens is 3. The molecule has 23 N–H and O–H groups in total. The number of benzene rings is 3. The number of hydrogen-bond acceptors (Lipinski definition) is 22. The number of primary amides is 1. The minimum Gasteiger partial charge on any atom is -0.481 e. The Bertz CT molecular complexity index is 5280. The Hall–Kier alpha value is -14.3. The highest BCUT2D eigenvalue weighted by Crippen LogP contribution is 2.28. The molecule has 0 aliphatic carbocycles. The van der Waals surface area contributed by atoms with Gasteiger partial charge in [0.1, 0.15) is 72.5 Å². The van der Waals surface area contributed by atoms with Gasteiger partial charge in [0.15, 0.2) is 11.7 Å². The van der Waals surface area contributed by atoms with Gasteiger partial charge in [0.05, 0.1) is 43.8 Å². The molecule has 2 saturated heterocycles. The van der Waals surface area contributed by atoms with E-state index in [1.54, 1.807) is 98.2 Å². The third-order valence-corrected chi connectivity index (χ3v) is 25.1. The number of Topliss-reactive ketones (excluding diaryl/α,β-unsaturated/α-hetero) is 1. The number of likely N-dealkylation sites (N-methyl/N-ethyl adjacent to an activating group) is 4. The number of ketones is 1. The number of carboxylic acids is 2. The zero-order valence-electron chi connectivity index (χ0n) is 78.0. The Morgan fingerprint density at radius 3 is 1.70 bits per heavy atom. The summed E-state index contributed by atoms with van der Waals surface area (Å²) in [5.74, 6) is -21.3. The standard InChI is InChI=1S/C92H128N24O20S/c1-8-10-31-71-85(130)108-66(42-77(120)121)84(129)111-70(81(126)102-47-75(95)118)49-137-50-76(119)104-67(37-53-23-13-12-14-24-53)88(133)113(5)52(3)79(124)109-69(43-78(122)123)90(135)116-36-22-33-72(116)86(131)107-65(41-57-46-98-51-103-57)83(128)106-64(30-21-35-99-92(96)97)87(132)112(4)48-58(117)39-54(38-55-44-100-61-27-17-15-25-59(55)61)80(125)105-63(29-19-20-34-74(93)94)82(127)110-68(40-56-45-101-62-28-18-16-26-60(56)62)89(134)115(7)73(32-11-9-2)91(136)114(71)6/h12-18,23-28,44-46,51-52,54,63-73,100-101H,8-11,19-22,29-43,47-50H2,1-7H3,(H3,93,94)(H2,95,118)(H,98,103)(H,102,126)(H,104,119)(H,105,125)(H,106,128)(H,107,131)(H,108,130)(H,109,124)(H,110,127)(H,111,129)(H,120,121)(H,122,123)(H4,96,97,99)/t52-,54+,63-,64-,65-,66-,67-,68-,69-,70-,71-,72-,73-/m0/s1. The second kappa shape index (κ2) is 53.1. The van der Waals surface area contributed by atoms with Gasteiger partial charge < -0.3 is 120 Å². The predicted molar refractivity (Wildman–Crippen MR) is 505 cm³/mol. The average molecular weight is 1920 g/mol. The zero-order chi connectivity index (χ0) is 100. The Labute approximate surface area is 796 Å². The van der Waals surface area contributed by atoms with Crippen LogP contribution >= 0.6 is 11.8 Å². The number of imidazole rings is 1. The molecule has 13 atom stereocenters. The quantitative estimate of drug-likeness (QED) is 0.0153. The second-order valence-electron chi connectivity index (χ2n) is 34.5. The van der Waals surface area contributed by atoms with Gasteiger partial charge in [0, 0.05) is 131 Å². The first-order chi connectivity index (χ1) is 65.3. The lowest BCUT2D eigenvalue weighted by Crippen LogP contribution is -2.60. The van der Waals surface area contributed by atoms with E-state index in [0.29, 0.717) is 75.2 Å². The van der Waals surface area contributed by atoms with E-state index in [9.17, 15) is 63.0 Å². The molecule has 2 fully saturated rings. The Kier molecular flexibility index (Phi) is 41.9. The third-order valence-electron chi connectivity index (χ3n) is 24.1. The molecule has 0 saturated carbocycles. The highest BCUT2D eigenvalue weighted by atomic mass is 32.2. The van der Waals surface area contributed by atoms with E-state index in [1.165, 1.54) is 47.6 Å². The summed E-state index contributed by atoms with van der Waals surface area (Å²) in [6.07, 6.45) is 3.94. The fourth-order valence-corrected chi connectivity index (χ4v) is 17.3. The van der Waals surface area contributed by atoms with Crippen molar-refractivity contribution in [2.24, 2.45) is 23.1 Å². The minimum absolute atomic E-state index is 0.00318. The number of carbonyl (C=O) groups is 18. The number of aromatic nitrogens is 4. The normalized spacial score (nSPS) is 23.0. The Morgan fingerprint density at radius 1 is 0.526 bits per heavy atom. The number of nitrogens with one attached hydrogen (secondary N) is 15. The molecule has 0 spiro atoms. The smallest absolute Gasteiger partial charge is 0.305 e. The van der Waals surface area contributed by atoms with Gasteiger partial charge >= 0.3 is 11.9 Å². The lowest BCUT2D eigenvalue weighted by Gasteiger charge is -2.36. The third kappa shape index (κ3) is 32.5. The van der Waals surface area contributed by atoms with Gasteiger partial charge in [-0.25, -0.2) is 4.98 Å². The van der Waals surface area contributed by atoms with Crippen molar-refractivity contribution >= 4 is 152 Å². The minimum atomic E-state index is -2.01. The maximum Gasteiger partial charge on any atom is 0.305 e. The molecule has 45 heteroatoms. The van der Waals surface area contributed by atoms with Crippen LogP contribution < -0.4 is 70.4 Å². The molecule has 2 aliphatic rings. The number of nitrogens with two attached hydrogens (primary N) is 3. The molecule has 0 unspecified atom stereocenters. The summed E-state index contributed by atoms with van der Waals surface area (Å²) >= 11 is 0.703. The van der Waals surface area contributed by atoms with Crippen LogP contribution in [0.3, 0.4) is 0 Å². The number of rotatable bonds is 30. The SMILES string of the molecule is CCCC[C@H]1C(=O)N(C)[C@@H](CCCC)C(=O)N[C@@H](CC(=O)O)C(=O)N[C@H](C(=O)NCC(N)=O)CSCC(=O)N[C@@H](Cc2ccccc2)C(=O)N(C)[C@@H](C)C(=O)N[C@@H](CC(=O)O)C(=O)N2CCC[C@H]2C(=O)N[C@@H](Cc2cnc[nH]2)C(=O)N[C@@H](CCCNC(=N)N)C(=O)N(C)CC(=O)C[C@@H](Cc2c[nH]c3ccccc23)C(=O)N[C@@H](CCCCC(=N)N)C(=O)N[C@@H](Cc2c[nH]c3ccccc23)C(=O)N1C. The molecule has 44 nitrogen and oxygen atoms in total. The fourth-order valence-electron chi connectivity index (χ4n) is 16.4. The van der Waals surface area contributed by atoms with E-state index in [2.05, 4.69) is 73.1 Å². The molecule has 742 valence electrons. The Morgan fingerprint density at radius 2 is 1.08 bits per heavy atom. The summed E-state index contributed by atoms with van der Waals surface area (Å²) < 4.78 is 0. The number of carbonyl (C=O) groups excluding carboxylic acids is 16. The van der Waals surface area contributed by atoms with Crippen LogP contribution in [-0.4, -0.2) is 311 Å². The lowest BCUT2D eigenvalue weighted by molar-refractivity contribution is -0.149. The number of guanidine groups is 1. The molecular formula is C92H128N24O20S. The molecule has 0 bridgehead atoms. The predicted octanol–water partition coefficient (Wildman–Crippen LogP) is -0.515. The number of thioether (sulfide) groups is 1. The summed E-state index contributed by atoms with van der Waals surface area (Å²) in [5.41, 5.74) is 20.1. The van der Waals surface area contributed by atoms with Crippen LogP contribution in [0.4, 0.5) is 0 Å². The molecule has 137 heavy (non-hydrogen) atoms. The summed E-state index contributed by atoms with van der Waals surface area (Å²) in [6, 6.07) is 3.34. The number of aromatic amines is 3. The van der Waals surface area contributed by atoms with Gasteiger partial charge in [-0.15, -0.1) is 11.8 Å². The molecule has 8 rings (SSSR count).